The van der Waals surface area contributed by atoms with Gasteiger partial charge in [0.25, 0.3) is 0 Å². The zero-order valence-electron chi connectivity index (χ0n) is 9.22. The van der Waals surface area contributed by atoms with E-state index in [0.717, 1.165) is 19.3 Å². The molecule has 2 atom stereocenters. The Kier molecular flexibility index (Phi) is 4.75. The first kappa shape index (κ1) is 12.5. The first-order valence-corrected chi connectivity index (χ1v) is 5.47. The van der Waals surface area contributed by atoms with Crippen LogP contribution < -0.4 is 5.73 Å². The van der Waals surface area contributed by atoms with Crippen molar-refractivity contribution in [2.24, 2.45) is 17.6 Å². The van der Waals surface area contributed by atoms with Crippen LogP contribution in [0.3, 0.4) is 0 Å². The third-order valence-electron chi connectivity index (χ3n) is 3.11. The molecule has 1 aliphatic rings. The van der Waals surface area contributed by atoms with Gasteiger partial charge in [-0.15, -0.1) is 0 Å². The summed E-state index contributed by atoms with van der Waals surface area (Å²) in [7, 11) is 0. The van der Waals surface area contributed by atoms with E-state index in [4.69, 9.17) is 16.3 Å². The van der Waals surface area contributed by atoms with Gasteiger partial charge in [0.15, 0.2) is 0 Å². The number of hydrogen-bond donors (Lipinski definition) is 1. The van der Waals surface area contributed by atoms with E-state index in [1.165, 1.54) is 4.90 Å². The second-order valence-corrected chi connectivity index (χ2v) is 4.04. The summed E-state index contributed by atoms with van der Waals surface area (Å²) >= 11 is 0. The monoisotopic (exact) mass is 220 g/mol. The van der Waals surface area contributed by atoms with Crippen molar-refractivity contribution in [2.45, 2.75) is 19.3 Å². The maximum Gasteiger partial charge on any atom is 0.227 e. The van der Waals surface area contributed by atoms with Crippen LogP contribution in [0, 0.1) is 34.5 Å². The molecule has 5 nitrogen and oxygen atoms in total. The zero-order chi connectivity index (χ0) is 12.0. The third-order valence-corrected chi connectivity index (χ3v) is 3.11. The largest absolute Gasteiger partial charge is 0.330 e. The summed E-state index contributed by atoms with van der Waals surface area (Å²) in [6, 6.07) is 3.83. The molecule has 0 aromatic heterocycles. The smallest absolute Gasteiger partial charge is 0.227 e. The Bertz CT molecular complexity index is 312. The Labute approximate surface area is 95.4 Å². The van der Waals surface area contributed by atoms with Crippen LogP contribution in [-0.2, 0) is 4.79 Å². The Balaban J connectivity index is 2.67. The van der Waals surface area contributed by atoms with Gasteiger partial charge < -0.3 is 10.6 Å². The summed E-state index contributed by atoms with van der Waals surface area (Å²) in [5, 5.41) is 17.2. The molecule has 5 heteroatoms. The van der Waals surface area contributed by atoms with Gasteiger partial charge in [-0.2, -0.15) is 10.5 Å². The molecule has 1 aliphatic carbocycles. The molecule has 1 rings (SSSR count). The topological polar surface area (TPSA) is 93.9 Å². The molecule has 0 aromatic rings. The normalized spacial score (nSPS) is 23.4. The molecular weight excluding hydrogens is 204 g/mol. The molecule has 1 saturated carbocycles. The van der Waals surface area contributed by atoms with Crippen LogP contribution in [0.2, 0.25) is 0 Å². The Hall–Kier alpha value is -1.59. The van der Waals surface area contributed by atoms with E-state index in [2.05, 4.69) is 0 Å². The summed E-state index contributed by atoms with van der Waals surface area (Å²) < 4.78 is 0. The van der Waals surface area contributed by atoms with Crippen molar-refractivity contribution in [3.63, 3.8) is 0 Å². The fourth-order valence-corrected chi connectivity index (χ4v) is 2.26. The van der Waals surface area contributed by atoms with Crippen LogP contribution in [0.25, 0.3) is 0 Å². The highest BCUT2D eigenvalue weighted by molar-refractivity contribution is 5.80. The maximum atomic E-state index is 12.1. The summed E-state index contributed by atoms with van der Waals surface area (Å²) in [6.45, 7) is 0.476. The molecule has 0 aliphatic heterocycles. The van der Waals surface area contributed by atoms with Crippen LogP contribution >= 0.6 is 0 Å². The molecule has 16 heavy (non-hydrogen) atoms. The molecule has 0 spiro atoms. The molecule has 0 aromatic carbocycles. The average molecular weight is 220 g/mol. The summed E-state index contributed by atoms with van der Waals surface area (Å²) in [5.41, 5.74) is 5.61. The van der Waals surface area contributed by atoms with Crippen LogP contribution in [0.4, 0.5) is 0 Å². The van der Waals surface area contributed by atoms with Crippen molar-refractivity contribution in [1.82, 2.24) is 4.90 Å². The van der Waals surface area contributed by atoms with E-state index in [0.29, 0.717) is 6.54 Å². The molecule has 2 unspecified atom stereocenters. The number of amides is 1. The van der Waals surface area contributed by atoms with E-state index < -0.39 is 0 Å². The van der Waals surface area contributed by atoms with Crippen molar-refractivity contribution >= 4 is 5.91 Å². The molecule has 1 fully saturated rings. The van der Waals surface area contributed by atoms with E-state index >= 15 is 0 Å². The molecule has 2 N–H and O–H groups in total. The number of carbonyl (C=O) groups excluding carboxylic acids is 1. The Morgan fingerprint density at radius 2 is 1.94 bits per heavy atom. The first-order chi connectivity index (χ1) is 7.74. The van der Waals surface area contributed by atoms with Gasteiger partial charge in [0, 0.05) is 5.92 Å². The molecule has 0 radical (unpaired) electrons. The lowest BCUT2D eigenvalue weighted by Gasteiger charge is -2.23. The fraction of sp³-hybridized carbons (Fsp3) is 0.727. The van der Waals surface area contributed by atoms with E-state index in [-0.39, 0.29) is 30.8 Å². The minimum absolute atomic E-state index is 0.0137. The Morgan fingerprint density at radius 1 is 1.31 bits per heavy atom. The molecular formula is C11H16N4O. The number of carbonyl (C=O) groups is 1. The maximum absolute atomic E-state index is 12.1. The van der Waals surface area contributed by atoms with E-state index in [9.17, 15) is 4.79 Å². The molecule has 86 valence electrons. The second-order valence-electron chi connectivity index (χ2n) is 4.04. The number of nitriles is 2. The van der Waals surface area contributed by atoms with Gasteiger partial charge >= 0.3 is 0 Å². The number of rotatable bonds is 4. The predicted octanol–water partition coefficient (Wildman–Crippen LogP) is 0.237. The third kappa shape index (κ3) is 2.71. The zero-order valence-corrected chi connectivity index (χ0v) is 9.22. The number of hydrogen-bond acceptors (Lipinski definition) is 4. The minimum Gasteiger partial charge on any atom is -0.330 e. The highest BCUT2D eigenvalue weighted by Gasteiger charge is 2.34. The Morgan fingerprint density at radius 3 is 2.44 bits per heavy atom. The lowest BCUT2D eigenvalue weighted by atomic mass is 9.95. The van der Waals surface area contributed by atoms with Gasteiger partial charge in [-0.1, -0.05) is 6.42 Å². The summed E-state index contributed by atoms with van der Waals surface area (Å²) in [5.74, 6) is 0.0372. The highest BCUT2D eigenvalue weighted by Crippen LogP contribution is 2.32. The van der Waals surface area contributed by atoms with E-state index in [1.807, 2.05) is 12.1 Å². The van der Waals surface area contributed by atoms with Gasteiger partial charge in [-0.3, -0.25) is 4.79 Å². The van der Waals surface area contributed by atoms with Crippen molar-refractivity contribution in [3.05, 3.63) is 0 Å². The molecule has 0 bridgehead atoms. The minimum atomic E-state index is -0.0910. The van der Waals surface area contributed by atoms with Gasteiger partial charge in [0.2, 0.25) is 5.91 Å². The van der Waals surface area contributed by atoms with Crippen molar-refractivity contribution < 1.29 is 4.79 Å². The van der Waals surface area contributed by atoms with Gasteiger partial charge in [0.05, 0.1) is 12.1 Å². The van der Waals surface area contributed by atoms with Crippen LogP contribution in [-0.4, -0.2) is 30.4 Å². The second kappa shape index (κ2) is 6.09. The SMILES string of the molecule is N#CCN(CC#N)C(=O)C1CCCC1CN. The van der Waals surface area contributed by atoms with Crippen LogP contribution in [0.5, 0.6) is 0 Å². The lowest BCUT2D eigenvalue weighted by Crippen LogP contribution is -2.39. The van der Waals surface area contributed by atoms with Crippen molar-refractivity contribution in [3.8, 4) is 12.1 Å². The number of nitrogens with two attached hydrogens (primary N) is 1. The predicted molar refractivity (Wildman–Crippen MR) is 57.7 cm³/mol. The van der Waals surface area contributed by atoms with Gasteiger partial charge in [0.1, 0.15) is 13.1 Å². The average Bonchev–Trinajstić information content (AvgIpc) is 2.75. The number of nitrogens with zero attached hydrogens (tertiary/aromatic N) is 3. The first-order valence-electron chi connectivity index (χ1n) is 5.47. The van der Waals surface area contributed by atoms with Gasteiger partial charge in [-0.05, 0) is 25.3 Å². The molecule has 0 heterocycles. The van der Waals surface area contributed by atoms with Gasteiger partial charge in [-0.25, -0.2) is 0 Å². The van der Waals surface area contributed by atoms with Crippen LogP contribution in [0.1, 0.15) is 19.3 Å². The fourth-order valence-electron chi connectivity index (χ4n) is 2.26. The summed E-state index contributed by atoms with van der Waals surface area (Å²) in [4.78, 5) is 13.4. The standard InChI is InChI=1S/C11H16N4O/c12-4-6-15(7-5-13)11(16)10-3-1-2-9(10)8-14/h9-10H,1-3,6-8,14H2. The lowest BCUT2D eigenvalue weighted by molar-refractivity contribution is -0.135. The van der Waals surface area contributed by atoms with Crippen LogP contribution in [0.15, 0.2) is 0 Å². The van der Waals surface area contributed by atoms with Crippen molar-refractivity contribution in [1.29, 1.82) is 10.5 Å². The highest BCUT2D eigenvalue weighted by atomic mass is 16.2. The van der Waals surface area contributed by atoms with E-state index in [1.54, 1.807) is 0 Å². The summed E-state index contributed by atoms with van der Waals surface area (Å²) in [6.07, 6.45) is 2.80. The quantitative estimate of drug-likeness (QED) is 0.686. The molecule has 0 saturated heterocycles. The van der Waals surface area contributed by atoms with Crippen molar-refractivity contribution in [2.75, 3.05) is 19.6 Å². The molecule has 1 amide bonds.